The molecule has 7 nitrogen and oxygen atoms in total. The third-order valence-electron chi connectivity index (χ3n) is 6.79. The normalized spacial score (nSPS) is 19.9. The first-order valence-electron chi connectivity index (χ1n) is 11.4. The highest BCUT2D eigenvalue weighted by Crippen LogP contribution is 2.38. The van der Waals surface area contributed by atoms with Crippen LogP contribution >= 0.6 is 0 Å². The Labute approximate surface area is 188 Å². The predicted molar refractivity (Wildman–Crippen MR) is 121 cm³/mol. The van der Waals surface area contributed by atoms with Crippen molar-refractivity contribution >= 4 is 23.4 Å². The van der Waals surface area contributed by atoms with Crippen LogP contribution < -0.4 is 10.6 Å². The van der Waals surface area contributed by atoms with Crippen LogP contribution in [0.15, 0.2) is 41.0 Å². The van der Waals surface area contributed by atoms with Gasteiger partial charge in [-0.05, 0) is 56.4 Å². The van der Waals surface area contributed by atoms with Gasteiger partial charge in [0.05, 0.1) is 12.8 Å². The maximum Gasteiger partial charge on any atom is 0.250 e. The highest BCUT2D eigenvalue weighted by Gasteiger charge is 2.49. The van der Waals surface area contributed by atoms with E-state index in [1.165, 1.54) is 0 Å². The topological polar surface area (TPSA) is 91.7 Å². The Morgan fingerprint density at radius 3 is 2.44 bits per heavy atom. The molecule has 1 aliphatic heterocycles. The summed E-state index contributed by atoms with van der Waals surface area (Å²) in [6.07, 6.45) is 6.25. The molecule has 3 amide bonds. The highest BCUT2D eigenvalue weighted by molar-refractivity contribution is 6.02. The van der Waals surface area contributed by atoms with Crippen LogP contribution in [-0.4, -0.2) is 34.2 Å². The van der Waals surface area contributed by atoms with Crippen LogP contribution in [-0.2, 0) is 20.9 Å². The lowest BCUT2D eigenvalue weighted by atomic mass is 9.78. The highest BCUT2D eigenvalue weighted by atomic mass is 16.3. The first-order valence-corrected chi connectivity index (χ1v) is 11.4. The van der Waals surface area contributed by atoms with Crippen molar-refractivity contribution in [2.75, 3.05) is 5.32 Å². The van der Waals surface area contributed by atoms with Gasteiger partial charge in [0.15, 0.2) is 0 Å². The third-order valence-corrected chi connectivity index (χ3v) is 6.79. The SMILES string of the molecule is Cc1cccc(C)c1NC(=O)C1(N(Cc2ccco2)C(=O)[C@H]2CCC(=O)N2)CCCCC1. The summed E-state index contributed by atoms with van der Waals surface area (Å²) < 4.78 is 5.56. The Morgan fingerprint density at radius 1 is 1.12 bits per heavy atom. The fourth-order valence-electron chi connectivity index (χ4n) is 4.98. The van der Waals surface area contributed by atoms with Gasteiger partial charge in [-0.25, -0.2) is 0 Å². The van der Waals surface area contributed by atoms with Gasteiger partial charge in [0, 0.05) is 12.1 Å². The van der Waals surface area contributed by atoms with Gasteiger partial charge in [0.25, 0.3) is 0 Å². The molecule has 0 radical (unpaired) electrons. The van der Waals surface area contributed by atoms with Crippen molar-refractivity contribution in [3.63, 3.8) is 0 Å². The summed E-state index contributed by atoms with van der Waals surface area (Å²) >= 11 is 0. The first-order chi connectivity index (χ1) is 15.4. The van der Waals surface area contributed by atoms with Crippen LogP contribution in [0.3, 0.4) is 0 Å². The van der Waals surface area contributed by atoms with E-state index in [9.17, 15) is 14.4 Å². The molecule has 1 atom stereocenters. The second kappa shape index (κ2) is 9.18. The minimum absolute atomic E-state index is 0.126. The summed E-state index contributed by atoms with van der Waals surface area (Å²) in [4.78, 5) is 41.1. The van der Waals surface area contributed by atoms with Crippen LogP contribution in [0.4, 0.5) is 5.69 Å². The van der Waals surface area contributed by atoms with Crippen molar-refractivity contribution in [1.82, 2.24) is 10.2 Å². The summed E-state index contributed by atoms with van der Waals surface area (Å²) in [7, 11) is 0. The van der Waals surface area contributed by atoms with Gasteiger partial charge in [-0.3, -0.25) is 14.4 Å². The molecule has 2 heterocycles. The van der Waals surface area contributed by atoms with Gasteiger partial charge in [-0.15, -0.1) is 0 Å². The van der Waals surface area contributed by atoms with E-state index in [-0.39, 0.29) is 24.3 Å². The number of amides is 3. The summed E-state index contributed by atoms with van der Waals surface area (Å²) in [5.74, 6) is 0.108. The Kier molecular flexibility index (Phi) is 6.35. The number of anilines is 1. The van der Waals surface area contributed by atoms with Crippen molar-refractivity contribution in [2.45, 2.75) is 76.9 Å². The van der Waals surface area contributed by atoms with Crippen LogP contribution in [0.5, 0.6) is 0 Å². The number of nitrogens with one attached hydrogen (secondary N) is 2. The maximum atomic E-state index is 13.9. The number of nitrogens with zero attached hydrogens (tertiary/aromatic N) is 1. The third kappa shape index (κ3) is 4.29. The van der Waals surface area contributed by atoms with E-state index in [2.05, 4.69) is 10.6 Å². The van der Waals surface area contributed by atoms with Gasteiger partial charge in [-0.1, -0.05) is 37.5 Å². The number of rotatable bonds is 6. The zero-order valence-electron chi connectivity index (χ0n) is 18.8. The molecular formula is C25H31N3O4. The standard InChI is InChI=1S/C25H31N3O4/c1-17-8-6-9-18(2)22(17)27-24(31)25(13-4-3-5-14-25)28(16-19-10-7-15-32-19)23(30)20-11-12-21(29)26-20/h6-10,15,20H,3-5,11-14,16H2,1-2H3,(H,26,29)(H,27,31)/t20-/m1/s1. The van der Waals surface area contributed by atoms with Crippen LogP contribution in [0, 0.1) is 13.8 Å². The average molecular weight is 438 g/mol. The molecule has 2 aliphatic rings. The average Bonchev–Trinajstić information content (AvgIpc) is 3.46. The quantitative estimate of drug-likeness (QED) is 0.718. The molecule has 7 heteroatoms. The van der Waals surface area contributed by atoms with Gasteiger partial charge in [0.2, 0.25) is 17.7 Å². The number of carbonyl (C=O) groups is 3. The number of hydrogen-bond acceptors (Lipinski definition) is 4. The van der Waals surface area contributed by atoms with Crippen LogP contribution in [0.2, 0.25) is 0 Å². The first kappa shape index (κ1) is 22.1. The minimum Gasteiger partial charge on any atom is -0.467 e. The largest absolute Gasteiger partial charge is 0.467 e. The molecule has 0 unspecified atom stereocenters. The van der Waals surface area contributed by atoms with Gasteiger partial charge >= 0.3 is 0 Å². The number of benzene rings is 1. The zero-order valence-corrected chi connectivity index (χ0v) is 18.8. The monoisotopic (exact) mass is 437 g/mol. The summed E-state index contributed by atoms with van der Waals surface area (Å²) in [6, 6.07) is 8.88. The lowest BCUT2D eigenvalue weighted by molar-refractivity contribution is -0.151. The van der Waals surface area contributed by atoms with Crippen molar-refractivity contribution in [3.8, 4) is 0 Å². The molecule has 2 aromatic rings. The lowest BCUT2D eigenvalue weighted by Gasteiger charge is -2.45. The molecule has 1 aromatic heterocycles. The van der Waals surface area contributed by atoms with E-state index >= 15 is 0 Å². The van der Waals surface area contributed by atoms with E-state index in [0.29, 0.717) is 31.4 Å². The Bertz CT molecular complexity index is 972. The number of aryl methyl sites for hydroxylation is 2. The van der Waals surface area contributed by atoms with Crippen LogP contribution in [0.25, 0.3) is 0 Å². The number of para-hydroxylation sites is 1. The minimum atomic E-state index is -0.996. The maximum absolute atomic E-state index is 13.9. The summed E-state index contributed by atoms with van der Waals surface area (Å²) in [6.45, 7) is 4.13. The summed E-state index contributed by atoms with van der Waals surface area (Å²) in [5.41, 5.74) is 1.76. The number of furan rings is 1. The molecular weight excluding hydrogens is 406 g/mol. The fraction of sp³-hybridized carbons (Fsp3) is 0.480. The van der Waals surface area contributed by atoms with Crippen molar-refractivity contribution in [1.29, 1.82) is 0 Å². The number of hydrogen-bond donors (Lipinski definition) is 2. The van der Waals surface area contributed by atoms with Crippen molar-refractivity contribution < 1.29 is 18.8 Å². The second-order valence-corrected chi connectivity index (χ2v) is 8.98. The predicted octanol–water partition coefficient (Wildman–Crippen LogP) is 3.85. The van der Waals surface area contributed by atoms with Gasteiger partial charge in [-0.2, -0.15) is 0 Å². The van der Waals surface area contributed by atoms with Crippen molar-refractivity contribution in [2.24, 2.45) is 0 Å². The molecule has 32 heavy (non-hydrogen) atoms. The van der Waals surface area contributed by atoms with Crippen LogP contribution in [0.1, 0.15) is 61.8 Å². The fourth-order valence-corrected chi connectivity index (χ4v) is 4.98. The molecule has 0 bridgehead atoms. The zero-order chi connectivity index (χ0) is 22.7. The molecule has 170 valence electrons. The number of carbonyl (C=O) groups excluding carboxylic acids is 3. The molecule has 1 aliphatic carbocycles. The molecule has 2 N–H and O–H groups in total. The molecule has 0 spiro atoms. The van der Waals surface area contributed by atoms with E-state index in [0.717, 1.165) is 36.1 Å². The molecule has 1 saturated heterocycles. The summed E-state index contributed by atoms with van der Waals surface area (Å²) in [5, 5.41) is 5.94. The lowest BCUT2D eigenvalue weighted by Crippen LogP contribution is -2.62. The van der Waals surface area contributed by atoms with E-state index in [4.69, 9.17) is 4.42 Å². The van der Waals surface area contributed by atoms with Gasteiger partial charge in [0.1, 0.15) is 17.3 Å². The Hall–Kier alpha value is -3.09. The Morgan fingerprint density at radius 2 is 1.84 bits per heavy atom. The molecule has 1 saturated carbocycles. The van der Waals surface area contributed by atoms with Crippen molar-refractivity contribution in [3.05, 3.63) is 53.5 Å². The van der Waals surface area contributed by atoms with E-state index in [1.54, 1.807) is 17.2 Å². The molecule has 2 fully saturated rings. The van der Waals surface area contributed by atoms with E-state index in [1.807, 2.05) is 38.1 Å². The van der Waals surface area contributed by atoms with Gasteiger partial charge < -0.3 is 20.0 Å². The molecule has 1 aromatic carbocycles. The second-order valence-electron chi connectivity index (χ2n) is 8.98. The molecule has 4 rings (SSSR count). The smallest absolute Gasteiger partial charge is 0.250 e. The van der Waals surface area contributed by atoms with E-state index < -0.39 is 11.6 Å². The Balaban J connectivity index is 1.71.